The lowest BCUT2D eigenvalue weighted by Crippen LogP contribution is -2.07. The van der Waals surface area contributed by atoms with Crippen LogP contribution in [0.5, 0.6) is 0 Å². The van der Waals surface area contributed by atoms with E-state index in [1.54, 1.807) is 6.92 Å². The molecule has 0 bridgehead atoms. The Morgan fingerprint density at radius 3 is 2.11 bits per heavy atom. The molecule has 0 saturated carbocycles. The highest BCUT2D eigenvalue weighted by Crippen LogP contribution is 1.92. The van der Waals surface area contributed by atoms with Gasteiger partial charge in [0, 0.05) is 12.5 Å². The maximum atomic E-state index is 10.5. The third kappa shape index (κ3) is 3.85. The number of rotatable bonds is 1. The minimum atomic E-state index is -0.456. The van der Waals surface area contributed by atoms with E-state index in [1.807, 2.05) is 0 Å². The Morgan fingerprint density at radius 1 is 1.56 bits per heavy atom. The van der Waals surface area contributed by atoms with E-state index < -0.39 is 5.97 Å². The number of thiocarbonyl (C=S) groups is 1. The van der Waals surface area contributed by atoms with Crippen LogP contribution in [-0.4, -0.2) is 11.0 Å². The van der Waals surface area contributed by atoms with Crippen LogP contribution in [0.15, 0.2) is 12.2 Å². The second-order valence-electron chi connectivity index (χ2n) is 1.66. The Morgan fingerprint density at radius 2 is 2.00 bits per heavy atom. The van der Waals surface area contributed by atoms with Crippen molar-refractivity contribution < 1.29 is 9.53 Å². The molecule has 0 N–H and O–H groups in total. The Bertz CT molecular complexity index is 160. The third-order valence-corrected chi connectivity index (χ3v) is 0.668. The molecule has 9 heavy (non-hydrogen) atoms. The van der Waals surface area contributed by atoms with Gasteiger partial charge in [0.25, 0.3) is 0 Å². The van der Waals surface area contributed by atoms with Crippen molar-refractivity contribution in [3.63, 3.8) is 0 Å². The highest BCUT2D eigenvalue weighted by Gasteiger charge is 2.02. The lowest BCUT2D eigenvalue weighted by Gasteiger charge is -1.97. The fraction of sp³-hybridized carbons (Fsp3) is 0.333. The molecule has 0 atom stereocenters. The first-order chi connectivity index (χ1) is 4.04. The zero-order chi connectivity index (χ0) is 7.44. The van der Waals surface area contributed by atoms with Crippen molar-refractivity contribution in [2.45, 2.75) is 13.8 Å². The lowest BCUT2D eigenvalue weighted by molar-refractivity contribution is -0.130. The zero-order valence-electron chi connectivity index (χ0n) is 5.43. The van der Waals surface area contributed by atoms with Gasteiger partial charge in [-0.25, -0.2) is 4.79 Å². The van der Waals surface area contributed by atoms with Crippen LogP contribution in [0.25, 0.3) is 0 Å². The molecule has 0 spiro atoms. The third-order valence-electron chi connectivity index (χ3n) is 0.585. The SMILES string of the molecule is C=C(C)C(=O)OC(C)=S. The van der Waals surface area contributed by atoms with Crippen LogP contribution < -0.4 is 0 Å². The summed E-state index contributed by atoms with van der Waals surface area (Å²) in [6.45, 7) is 6.48. The fourth-order valence-electron chi connectivity index (χ4n) is 0.218. The number of hydrogen-bond donors (Lipinski definition) is 0. The van der Waals surface area contributed by atoms with Crippen molar-refractivity contribution in [2.24, 2.45) is 0 Å². The Labute approximate surface area is 59.5 Å². The van der Waals surface area contributed by atoms with E-state index in [0.717, 1.165) is 0 Å². The molecule has 50 valence electrons. The van der Waals surface area contributed by atoms with Gasteiger partial charge in [-0.05, 0) is 19.1 Å². The summed E-state index contributed by atoms with van der Waals surface area (Å²) in [7, 11) is 0. The van der Waals surface area contributed by atoms with Gasteiger partial charge in [0.05, 0.1) is 0 Å². The van der Waals surface area contributed by atoms with Gasteiger partial charge in [0.1, 0.15) is 0 Å². The van der Waals surface area contributed by atoms with Gasteiger partial charge in [-0.15, -0.1) is 0 Å². The molecule has 0 aliphatic carbocycles. The minimum Gasteiger partial charge on any atom is -0.416 e. The fourth-order valence-corrected chi connectivity index (χ4v) is 0.293. The second kappa shape index (κ2) is 3.35. The van der Waals surface area contributed by atoms with Crippen LogP contribution in [-0.2, 0) is 9.53 Å². The van der Waals surface area contributed by atoms with Gasteiger partial charge < -0.3 is 4.74 Å². The van der Waals surface area contributed by atoms with Crippen molar-refractivity contribution in [3.05, 3.63) is 12.2 Å². The first kappa shape index (κ1) is 8.30. The summed E-state index contributed by atoms with van der Waals surface area (Å²) in [5.41, 5.74) is 0.360. The maximum Gasteiger partial charge on any atom is 0.339 e. The van der Waals surface area contributed by atoms with Crippen LogP contribution in [0.2, 0.25) is 0 Å². The summed E-state index contributed by atoms with van der Waals surface area (Å²) in [5.74, 6) is -0.456. The summed E-state index contributed by atoms with van der Waals surface area (Å²) >= 11 is 4.51. The number of carbonyl (C=O) groups is 1. The standard InChI is InChI=1S/C6H8O2S/c1-4(2)6(7)8-5(3)9/h1H2,2-3H3. The summed E-state index contributed by atoms with van der Waals surface area (Å²) in [5, 5.41) is 0.225. The van der Waals surface area contributed by atoms with Gasteiger partial charge in [-0.2, -0.15) is 0 Å². The molecule has 0 aromatic rings. The highest BCUT2D eigenvalue weighted by atomic mass is 32.1. The quantitative estimate of drug-likeness (QED) is 0.316. The first-order valence-corrected chi connectivity index (χ1v) is 2.83. The summed E-state index contributed by atoms with van der Waals surface area (Å²) in [6.07, 6.45) is 0. The normalized spacial score (nSPS) is 8.22. The average Bonchev–Trinajstić information content (AvgIpc) is 1.63. The molecule has 0 aliphatic rings. The van der Waals surface area contributed by atoms with Gasteiger partial charge in [-0.1, -0.05) is 6.58 Å². The van der Waals surface area contributed by atoms with Gasteiger partial charge in [0.15, 0.2) is 5.05 Å². The molecule has 0 aromatic heterocycles. The van der Waals surface area contributed by atoms with Crippen LogP contribution in [0.3, 0.4) is 0 Å². The van der Waals surface area contributed by atoms with E-state index in [0.29, 0.717) is 5.57 Å². The van der Waals surface area contributed by atoms with Crippen LogP contribution >= 0.6 is 12.2 Å². The predicted molar refractivity (Wildman–Crippen MR) is 39.2 cm³/mol. The molecule has 0 rings (SSSR count). The molecular weight excluding hydrogens is 136 g/mol. The molecule has 0 heterocycles. The van der Waals surface area contributed by atoms with E-state index in [-0.39, 0.29) is 5.05 Å². The molecule has 0 saturated heterocycles. The summed E-state index contributed by atoms with van der Waals surface area (Å²) < 4.78 is 4.50. The smallest absolute Gasteiger partial charge is 0.339 e. The Hall–Kier alpha value is -0.700. The van der Waals surface area contributed by atoms with E-state index in [2.05, 4.69) is 23.5 Å². The maximum absolute atomic E-state index is 10.5. The van der Waals surface area contributed by atoms with Gasteiger partial charge in [0.2, 0.25) is 0 Å². The van der Waals surface area contributed by atoms with Crippen molar-refractivity contribution in [2.75, 3.05) is 0 Å². The molecule has 0 aromatic carbocycles. The number of ether oxygens (including phenoxy) is 1. The average molecular weight is 144 g/mol. The monoisotopic (exact) mass is 144 g/mol. The molecule has 3 heteroatoms. The topological polar surface area (TPSA) is 26.3 Å². The van der Waals surface area contributed by atoms with Crippen molar-refractivity contribution in [1.29, 1.82) is 0 Å². The molecule has 0 amide bonds. The van der Waals surface area contributed by atoms with E-state index in [1.165, 1.54) is 6.92 Å². The summed E-state index contributed by atoms with van der Waals surface area (Å²) in [4.78, 5) is 10.5. The molecular formula is C6H8O2S. The Balaban J connectivity index is 3.79. The van der Waals surface area contributed by atoms with E-state index in [4.69, 9.17) is 0 Å². The number of hydrogen-bond acceptors (Lipinski definition) is 3. The van der Waals surface area contributed by atoms with Crippen molar-refractivity contribution >= 4 is 23.2 Å². The zero-order valence-corrected chi connectivity index (χ0v) is 6.25. The molecule has 2 nitrogen and oxygen atoms in total. The molecule has 0 radical (unpaired) electrons. The molecule has 0 aliphatic heterocycles. The van der Waals surface area contributed by atoms with Crippen LogP contribution in [0.1, 0.15) is 13.8 Å². The van der Waals surface area contributed by atoms with Gasteiger partial charge >= 0.3 is 5.97 Å². The van der Waals surface area contributed by atoms with Crippen LogP contribution in [0.4, 0.5) is 0 Å². The predicted octanol–water partition coefficient (Wildman–Crippen LogP) is 1.45. The van der Waals surface area contributed by atoms with E-state index >= 15 is 0 Å². The lowest BCUT2D eigenvalue weighted by atomic mass is 10.4. The highest BCUT2D eigenvalue weighted by molar-refractivity contribution is 7.80. The Kier molecular flexibility index (Phi) is 3.09. The molecule has 0 unspecified atom stereocenters. The second-order valence-corrected chi connectivity index (χ2v) is 2.24. The molecule has 0 fully saturated rings. The van der Waals surface area contributed by atoms with E-state index in [9.17, 15) is 4.79 Å². The van der Waals surface area contributed by atoms with Crippen molar-refractivity contribution in [3.8, 4) is 0 Å². The summed E-state index contributed by atoms with van der Waals surface area (Å²) in [6, 6.07) is 0. The van der Waals surface area contributed by atoms with Crippen LogP contribution in [0, 0.1) is 0 Å². The van der Waals surface area contributed by atoms with Crippen molar-refractivity contribution in [1.82, 2.24) is 0 Å². The largest absolute Gasteiger partial charge is 0.416 e. The van der Waals surface area contributed by atoms with Gasteiger partial charge in [-0.3, -0.25) is 0 Å². The number of carbonyl (C=O) groups excluding carboxylic acids is 1. The first-order valence-electron chi connectivity index (χ1n) is 2.42. The number of esters is 1. The minimum absolute atomic E-state index is 0.225.